The summed E-state index contributed by atoms with van der Waals surface area (Å²) in [6, 6.07) is 15.8. The largest absolute Gasteiger partial charge is 0.481 e. The van der Waals surface area contributed by atoms with Gasteiger partial charge in [-0.25, -0.2) is 4.68 Å². The van der Waals surface area contributed by atoms with Crippen LogP contribution in [0.4, 0.5) is 5.69 Å². The van der Waals surface area contributed by atoms with Crippen LogP contribution in [0.25, 0.3) is 5.69 Å². The summed E-state index contributed by atoms with van der Waals surface area (Å²) in [7, 11) is 1.76. The molecule has 2 aromatic carbocycles. The van der Waals surface area contributed by atoms with Crippen LogP contribution in [0.5, 0.6) is 5.75 Å². The smallest absolute Gasteiger partial charge is 0.295 e. The van der Waals surface area contributed by atoms with E-state index < -0.39 is 12.0 Å². The van der Waals surface area contributed by atoms with Crippen molar-refractivity contribution in [2.75, 3.05) is 5.32 Å². The van der Waals surface area contributed by atoms with E-state index in [-0.39, 0.29) is 17.0 Å². The number of benzene rings is 2. The number of anilines is 1. The maximum Gasteiger partial charge on any atom is 0.295 e. The number of para-hydroxylation sites is 1. The summed E-state index contributed by atoms with van der Waals surface area (Å²) in [5.74, 6) is -0.0209. The number of carbonyl (C=O) groups excluding carboxylic acids is 2. The maximum absolute atomic E-state index is 12.9. The fourth-order valence-corrected chi connectivity index (χ4v) is 2.96. The molecule has 1 heterocycles. The number of aromatic nitrogens is 2. The van der Waals surface area contributed by atoms with Crippen molar-refractivity contribution in [3.63, 3.8) is 0 Å². The zero-order valence-corrected chi connectivity index (χ0v) is 16.8. The molecule has 0 aliphatic rings. The van der Waals surface area contributed by atoms with E-state index in [0.717, 1.165) is 0 Å². The van der Waals surface area contributed by atoms with E-state index in [1.807, 2.05) is 30.3 Å². The van der Waals surface area contributed by atoms with Gasteiger partial charge in [-0.2, -0.15) is 0 Å². The van der Waals surface area contributed by atoms with E-state index in [2.05, 4.69) is 5.32 Å². The lowest BCUT2D eigenvalue weighted by Crippen LogP contribution is -2.32. The Balaban J connectivity index is 1.78. The summed E-state index contributed by atoms with van der Waals surface area (Å²) in [6.07, 6.45) is -0.831. The highest BCUT2D eigenvalue weighted by Gasteiger charge is 2.22. The molecule has 3 rings (SSSR count). The minimum Gasteiger partial charge on any atom is -0.481 e. The Bertz CT molecular complexity index is 1100. The number of Topliss-reactive ketones (excluding diaryl/α,β-unsaturated/α-hetero) is 1. The van der Waals surface area contributed by atoms with Gasteiger partial charge < -0.3 is 10.1 Å². The van der Waals surface area contributed by atoms with Crippen molar-refractivity contribution in [2.45, 2.75) is 26.9 Å². The maximum atomic E-state index is 12.9. The molecule has 1 atom stereocenters. The molecule has 7 heteroatoms. The molecule has 1 aromatic heterocycles. The van der Waals surface area contributed by atoms with Gasteiger partial charge in [0.05, 0.1) is 11.4 Å². The summed E-state index contributed by atoms with van der Waals surface area (Å²) < 4.78 is 8.84. The Morgan fingerprint density at radius 1 is 1.03 bits per heavy atom. The number of ether oxygens (including phenoxy) is 1. The van der Waals surface area contributed by atoms with E-state index in [1.165, 1.54) is 11.6 Å². The number of nitrogens with zero attached hydrogens (tertiary/aromatic N) is 2. The Kier molecular flexibility index (Phi) is 5.68. The quantitative estimate of drug-likeness (QED) is 0.653. The monoisotopic (exact) mass is 393 g/mol. The van der Waals surface area contributed by atoms with E-state index >= 15 is 0 Å². The zero-order chi connectivity index (χ0) is 21.1. The van der Waals surface area contributed by atoms with Crippen molar-refractivity contribution in [3.05, 3.63) is 76.2 Å². The second-order valence-corrected chi connectivity index (χ2v) is 6.77. The fraction of sp³-hybridized carbons (Fsp3) is 0.227. The first kappa shape index (κ1) is 20.1. The average molecular weight is 393 g/mol. The Hall–Kier alpha value is -3.61. The molecule has 0 saturated heterocycles. The van der Waals surface area contributed by atoms with Crippen molar-refractivity contribution in [1.82, 2.24) is 9.36 Å². The molecule has 0 radical (unpaired) electrons. The van der Waals surface area contributed by atoms with Gasteiger partial charge in [0.15, 0.2) is 11.9 Å². The molecule has 7 nitrogen and oxygen atoms in total. The van der Waals surface area contributed by atoms with Gasteiger partial charge in [-0.1, -0.05) is 18.2 Å². The van der Waals surface area contributed by atoms with Crippen LogP contribution in [0.15, 0.2) is 59.4 Å². The predicted octanol–water partition coefficient (Wildman–Crippen LogP) is 3.09. The lowest BCUT2D eigenvalue weighted by Gasteiger charge is -2.14. The number of carbonyl (C=O) groups is 2. The third kappa shape index (κ3) is 4.13. The number of ketones is 1. The number of nitrogens with one attached hydrogen (secondary N) is 1. The highest BCUT2D eigenvalue weighted by molar-refractivity contribution is 5.95. The van der Waals surface area contributed by atoms with E-state index in [0.29, 0.717) is 22.7 Å². The highest BCUT2D eigenvalue weighted by Crippen LogP contribution is 2.17. The van der Waals surface area contributed by atoms with Gasteiger partial charge in [-0.05, 0) is 57.2 Å². The summed E-state index contributed by atoms with van der Waals surface area (Å²) in [5.41, 5.74) is 1.80. The Morgan fingerprint density at radius 2 is 1.66 bits per heavy atom. The minimum absolute atomic E-state index is 0.0448. The first-order valence-corrected chi connectivity index (χ1v) is 9.22. The number of hydrogen-bond donors (Lipinski definition) is 1. The third-order valence-electron chi connectivity index (χ3n) is 4.75. The number of rotatable bonds is 6. The molecule has 1 amide bonds. The second-order valence-electron chi connectivity index (χ2n) is 6.77. The van der Waals surface area contributed by atoms with Crippen LogP contribution >= 0.6 is 0 Å². The van der Waals surface area contributed by atoms with Gasteiger partial charge in [0, 0.05) is 12.6 Å². The lowest BCUT2D eigenvalue weighted by molar-refractivity contribution is -0.122. The molecule has 0 fully saturated rings. The molecule has 0 spiro atoms. The second kappa shape index (κ2) is 8.18. The normalized spacial score (nSPS) is 11.7. The molecular formula is C22H23N3O4. The summed E-state index contributed by atoms with van der Waals surface area (Å²) >= 11 is 0. The molecule has 0 aliphatic heterocycles. The van der Waals surface area contributed by atoms with Gasteiger partial charge in [-0.3, -0.25) is 19.1 Å². The molecule has 29 heavy (non-hydrogen) atoms. The first-order valence-electron chi connectivity index (χ1n) is 9.22. The van der Waals surface area contributed by atoms with Crippen molar-refractivity contribution in [2.24, 2.45) is 7.05 Å². The summed E-state index contributed by atoms with van der Waals surface area (Å²) in [4.78, 5) is 36.8. The molecule has 0 saturated carbocycles. The molecule has 0 aliphatic carbocycles. The molecule has 150 valence electrons. The number of amides is 1. The Labute approximate surface area is 168 Å². The topological polar surface area (TPSA) is 82.3 Å². The average Bonchev–Trinajstić information content (AvgIpc) is 2.92. The SMILES string of the molecule is CC(=O)c1ccc(O[C@H](C)C(=O)Nc2c(C)n(C)n(-c3ccccc3)c2=O)cc1. The van der Waals surface area contributed by atoms with Crippen molar-refractivity contribution in [1.29, 1.82) is 0 Å². The van der Waals surface area contributed by atoms with Crippen LogP contribution < -0.4 is 15.6 Å². The molecule has 3 aromatic rings. The summed E-state index contributed by atoms with van der Waals surface area (Å²) in [6.45, 7) is 4.85. The first-order chi connectivity index (χ1) is 13.8. The fourth-order valence-electron chi connectivity index (χ4n) is 2.96. The summed E-state index contributed by atoms with van der Waals surface area (Å²) in [5, 5.41) is 2.69. The highest BCUT2D eigenvalue weighted by atomic mass is 16.5. The van der Waals surface area contributed by atoms with Crippen LogP contribution in [-0.2, 0) is 11.8 Å². The predicted molar refractivity (Wildman–Crippen MR) is 111 cm³/mol. The van der Waals surface area contributed by atoms with E-state index in [4.69, 9.17) is 4.74 Å². The van der Waals surface area contributed by atoms with Crippen molar-refractivity contribution < 1.29 is 14.3 Å². The third-order valence-corrected chi connectivity index (χ3v) is 4.75. The van der Waals surface area contributed by atoms with Gasteiger partial charge in [0.25, 0.3) is 11.5 Å². The van der Waals surface area contributed by atoms with Gasteiger partial charge in [-0.15, -0.1) is 0 Å². The van der Waals surface area contributed by atoms with Crippen LogP contribution in [-0.4, -0.2) is 27.2 Å². The Morgan fingerprint density at radius 3 is 2.24 bits per heavy atom. The number of hydrogen-bond acceptors (Lipinski definition) is 4. The molecule has 1 N–H and O–H groups in total. The molecular weight excluding hydrogens is 370 g/mol. The zero-order valence-electron chi connectivity index (χ0n) is 16.8. The van der Waals surface area contributed by atoms with Gasteiger partial charge in [0.2, 0.25) is 0 Å². The minimum atomic E-state index is -0.831. The van der Waals surface area contributed by atoms with Gasteiger partial charge in [0.1, 0.15) is 11.4 Å². The van der Waals surface area contributed by atoms with Gasteiger partial charge >= 0.3 is 0 Å². The van der Waals surface area contributed by atoms with Crippen LogP contribution in [0.2, 0.25) is 0 Å². The van der Waals surface area contributed by atoms with Crippen LogP contribution in [0, 0.1) is 6.92 Å². The van der Waals surface area contributed by atoms with Crippen LogP contribution in [0.3, 0.4) is 0 Å². The van der Waals surface area contributed by atoms with E-state index in [1.54, 1.807) is 49.8 Å². The van der Waals surface area contributed by atoms with E-state index in [9.17, 15) is 14.4 Å². The molecule has 0 bridgehead atoms. The lowest BCUT2D eigenvalue weighted by atomic mass is 10.1. The van der Waals surface area contributed by atoms with Crippen molar-refractivity contribution in [3.8, 4) is 11.4 Å². The van der Waals surface area contributed by atoms with Crippen molar-refractivity contribution >= 4 is 17.4 Å². The standard InChI is InChI=1S/C22H23N3O4/c1-14-20(22(28)25(24(14)4)18-8-6-5-7-9-18)23-21(27)16(3)29-19-12-10-17(11-13-19)15(2)26/h5-13,16H,1-4H3,(H,23,27)/t16-/m1/s1. The van der Waals surface area contributed by atoms with Crippen LogP contribution in [0.1, 0.15) is 29.9 Å². The molecule has 0 unspecified atom stereocenters.